The number of carbonyl (C=O) groups is 1. The summed E-state index contributed by atoms with van der Waals surface area (Å²) in [6.07, 6.45) is 0.783. The van der Waals surface area contributed by atoms with E-state index in [0.717, 1.165) is 0 Å². The normalized spacial score (nSPS) is 14.3. The molecular weight excluding hydrogens is 617 g/mol. The van der Waals surface area contributed by atoms with Crippen molar-refractivity contribution < 1.29 is 22.0 Å². The van der Waals surface area contributed by atoms with Gasteiger partial charge in [0.15, 0.2) is 5.82 Å². The monoisotopic (exact) mass is 642 g/mol. The first-order chi connectivity index (χ1) is 17.3. The molecule has 1 aromatic heterocycles. The van der Waals surface area contributed by atoms with Crippen molar-refractivity contribution in [2.24, 2.45) is 12.8 Å². The van der Waals surface area contributed by atoms with Crippen LogP contribution in [0.2, 0.25) is 0 Å². The Morgan fingerprint density at radius 2 is 1.84 bits per heavy atom. The van der Waals surface area contributed by atoms with Crippen LogP contribution < -0.4 is 21.3 Å². The van der Waals surface area contributed by atoms with E-state index in [-0.39, 0.29) is 46.7 Å². The minimum absolute atomic E-state index is 0.0226. The number of pyridine rings is 1. The molecule has 0 radical (unpaired) electrons. The summed E-state index contributed by atoms with van der Waals surface area (Å²) in [5.74, 6) is -2.11. The summed E-state index contributed by atoms with van der Waals surface area (Å²) in [7, 11) is -2.33. The number of anilines is 2. The van der Waals surface area contributed by atoms with Gasteiger partial charge < -0.3 is 15.6 Å². The molecule has 12 heteroatoms. The molecule has 37 heavy (non-hydrogen) atoms. The Labute approximate surface area is 226 Å². The molecule has 4 rings (SSSR count). The minimum Gasteiger partial charge on any atom is -0.377 e. The van der Waals surface area contributed by atoms with Gasteiger partial charge in [-0.05, 0) is 78.3 Å². The maximum atomic E-state index is 15.3. The van der Waals surface area contributed by atoms with Gasteiger partial charge in [-0.25, -0.2) is 17.2 Å². The Kier molecular flexibility index (Phi) is 7.34. The van der Waals surface area contributed by atoms with Crippen molar-refractivity contribution in [2.45, 2.75) is 37.5 Å². The van der Waals surface area contributed by atoms with E-state index in [4.69, 9.17) is 5.73 Å². The first kappa shape index (κ1) is 27.0. The highest BCUT2D eigenvalue weighted by Crippen LogP contribution is 2.43. The topological polar surface area (TPSA) is 123 Å². The lowest BCUT2D eigenvalue weighted by atomic mass is 10.0. The van der Waals surface area contributed by atoms with Crippen molar-refractivity contribution in [3.8, 4) is 0 Å². The molecule has 1 heterocycles. The number of nitrogens with zero attached hydrogens (tertiary/aromatic N) is 1. The van der Waals surface area contributed by atoms with Gasteiger partial charge in [-0.2, -0.15) is 0 Å². The van der Waals surface area contributed by atoms with Crippen LogP contribution in [0.4, 0.5) is 20.2 Å². The molecule has 0 unspecified atom stereocenters. The molecule has 1 aliphatic rings. The number of amides is 1. The van der Waals surface area contributed by atoms with Crippen molar-refractivity contribution in [1.82, 2.24) is 4.57 Å². The largest absolute Gasteiger partial charge is 0.377 e. The molecule has 0 bridgehead atoms. The van der Waals surface area contributed by atoms with E-state index in [9.17, 15) is 22.4 Å². The summed E-state index contributed by atoms with van der Waals surface area (Å²) in [6.45, 7) is 1.53. The van der Waals surface area contributed by atoms with E-state index in [0.29, 0.717) is 16.4 Å². The Morgan fingerprint density at radius 1 is 1.14 bits per heavy atom. The second-order valence-corrected chi connectivity index (χ2v) is 12.7. The van der Waals surface area contributed by atoms with Gasteiger partial charge >= 0.3 is 0 Å². The molecule has 4 N–H and O–H groups in total. The predicted octanol–water partition coefficient (Wildman–Crippen LogP) is 3.86. The summed E-state index contributed by atoms with van der Waals surface area (Å²) in [5, 5.41) is 2.87. The number of benzene rings is 2. The molecule has 1 saturated carbocycles. The summed E-state index contributed by atoms with van der Waals surface area (Å²) >= 11 is 1.98. The van der Waals surface area contributed by atoms with Crippen LogP contribution in [0.3, 0.4) is 0 Å². The number of primary amides is 1. The predicted molar refractivity (Wildman–Crippen MR) is 146 cm³/mol. The van der Waals surface area contributed by atoms with E-state index >= 15 is 4.39 Å². The average Bonchev–Trinajstić information content (AvgIpc) is 3.59. The fraction of sp³-hybridized carbons (Fsp3) is 0.280. The number of nitrogens with two attached hydrogens (primary N) is 1. The zero-order chi connectivity index (χ0) is 27.1. The highest BCUT2D eigenvalue weighted by molar-refractivity contribution is 14.1. The molecule has 1 amide bonds. The molecule has 1 aliphatic carbocycles. The molecule has 2 aromatic carbocycles. The van der Waals surface area contributed by atoms with Gasteiger partial charge in [-0.15, -0.1) is 0 Å². The van der Waals surface area contributed by atoms with Crippen molar-refractivity contribution in [1.29, 1.82) is 0 Å². The van der Waals surface area contributed by atoms with Gasteiger partial charge in [0.1, 0.15) is 5.82 Å². The number of halogens is 3. The van der Waals surface area contributed by atoms with E-state index in [1.165, 1.54) is 41.9 Å². The first-order valence-corrected chi connectivity index (χ1v) is 13.9. The fourth-order valence-electron chi connectivity index (χ4n) is 3.92. The molecular formula is C25H25F2IN4O4S. The van der Waals surface area contributed by atoms with Gasteiger partial charge in [0.05, 0.1) is 33.9 Å². The Morgan fingerprint density at radius 3 is 2.46 bits per heavy atom. The van der Waals surface area contributed by atoms with Gasteiger partial charge in [0.2, 0.25) is 10.0 Å². The number of rotatable bonds is 9. The van der Waals surface area contributed by atoms with Crippen LogP contribution in [0, 0.1) is 15.2 Å². The molecule has 196 valence electrons. The van der Waals surface area contributed by atoms with Gasteiger partial charge in [-0.1, -0.05) is 12.1 Å². The fourth-order valence-corrected chi connectivity index (χ4v) is 5.70. The lowest BCUT2D eigenvalue weighted by molar-refractivity contribution is 0.0998. The third-order valence-electron chi connectivity index (χ3n) is 6.56. The van der Waals surface area contributed by atoms with Crippen LogP contribution in [-0.2, 0) is 30.0 Å². The maximum Gasteiger partial charge on any atom is 0.254 e. The van der Waals surface area contributed by atoms with E-state index in [1.807, 2.05) is 22.6 Å². The van der Waals surface area contributed by atoms with Gasteiger partial charge in [0, 0.05) is 22.6 Å². The van der Waals surface area contributed by atoms with E-state index in [2.05, 4.69) is 10.0 Å². The van der Waals surface area contributed by atoms with Crippen molar-refractivity contribution in [3.05, 3.63) is 90.4 Å². The number of carbonyl (C=O) groups excluding carboxylic acids is 1. The van der Waals surface area contributed by atoms with Gasteiger partial charge in [-0.3, -0.25) is 14.3 Å². The van der Waals surface area contributed by atoms with Crippen LogP contribution in [0.1, 0.15) is 46.9 Å². The standard InChI is InChI=1S/C25H25F2IN4O4S/c1-25(8-9-25)37(35,36)31-20-5-3-4-14(22(20)27)10-15-11-17(23(29)33)21(32(2)24(15)34)13-30-19-7-6-16(28)12-18(19)26/h3-7,11-12,30-31H,8-10,13H2,1-2H3,(H2,29,33). The van der Waals surface area contributed by atoms with E-state index in [1.54, 1.807) is 19.1 Å². The number of aromatic nitrogens is 1. The number of sulfonamides is 1. The second kappa shape index (κ2) is 10.0. The molecule has 0 saturated heterocycles. The molecule has 0 aliphatic heterocycles. The van der Waals surface area contributed by atoms with Crippen LogP contribution in [0.25, 0.3) is 0 Å². The lowest BCUT2D eigenvalue weighted by Crippen LogP contribution is -2.30. The molecule has 3 aromatic rings. The maximum absolute atomic E-state index is 15.3. The van der Waals surface area contributed by atoms with E-state index < -0.39 is 37.9 Å². The second-order valence-electron chi connectivity index (χ2n) is 9.25. The Bertz CT molecular complexity index is 1570. The number of hydrogen-bond donors (Lipinski definition) is 3. The van der Waals surface area contributed by atoms with Crippen LogP contribution in [0.5, 0.6) is 0 Å². The Balaban J connectivity index is 1.64. The van der Waals surface area contributed by atoms with Crippen LogP contribution >= 0.6 is 22.6 Å². The summed E-state index contributed by atoms with van der Waals surface area (Å²) in [6, 6.07) is 10.1. The van der Waals surface area contributed by atoms with Crippen LogP contribution in [0.15, 0.2) is 47.3 Å². The van der Waals surface area contributed by atoms with Gasteiger partial charge in [0.25, 0.3) is 11.5 Å². The number of hydrogen-bond acceptors (Lipinski definition) is 5. The molecule has 0 atom stereocenters. The minimum atomic E-state index is -3.78. The summed E-state index contributed by atoms with van der Waals surface area (Å²) in [4.78, 5) is 25.4. The van der Waals surface area contributed by atoms with Crippen LogP contribution in [-0.4, -0.2) is 23.6 Å². The summed E-state index contributed by atoms with van der Waals surface area (Å²) < 4.78 is 57.9. The molecule has 0 spiro atoms. The highest BCUT2D eigenvalue weighted by Gasteiger charge is 2.50. The first-order valence-electron chi connectivity index (χ1n) is 11.3. The molecule has 1 fully saturated rings. The highest BCUT2D eigenvalue weighted by atomic mass is 127. The Hall–Kier alpha value is -3.00. The third-order valence-corrected chi connectivity index (χ3v) is 9.43. The van der Waals surface area contributed by atoms with Crippen molar-refractivity contribution in [2.75, 3.05) is 10.0 Å². The number of nitrogens with one attached hydrogen (secondary N) is 2. The lowest BCUT2D eigenvalue weighted by Gasteiger charge is -2.17. The average molecular weight is 642 g/mol. The zero-order valence-corrected chi connectivity index (χ0v) is 23.0. The van der Waals surface area contributed by atoms with Crippen molar-refractivity contribution >= 4 is 49.9 Å². The third kappa shape index (κ3) is 5.49. The SMILES string of the molecule is Cn1c(CNc2ccc(I)cc2F)c(C(N)=O)cc(Cc2cccc(NS(=O)(=O)C3(C)CC3)c2F)c1=O. The summed E-state index contributed by atoms with van der Waals surface area (Å²) in [5.41, 5.74) is 5.47. The van der Waals surface area contributed by atoms with Crippen molar-refractivity contribution in [3.63, 3.8) is 0 Å². The quantitative estimate of drug-likeness (QED) is 0.306. The smallest absolute Gasteiger partial charge is 0.254 e. The molecule has 8 nitrogen and oxygen atoms in total. The zero-order valence-electron chi connectivity index (χ0n) is 20.1.